The average Bonchev–Trinajstić information content (AvgIpc) is 2.91. The van der Waals surface area contributed by atoms with Crippen molar-refractivity contribution in [3.63, 3.8) is 0 Å². The maximum absolute atomic E-state index is 13.3. The second-order valence-electron chi connectivity index (χ2n) is 8.19. The van der Waals surface area contributed by atoms with Crippen LogP contribution in [-0.4, -0.2) is 34.4 Å². The second-order valence-corrected chi connectivity index (χ2v) is 8.19. The minimum Gasteiger partial charge on any atom is -0.496 e. The van der Waals surface area contributed by atoms with Crippen molar-refractivity contribution in [1.82, 2.24) is 0 Å². The molecule has 1 aliphatic rings. The lowest BCUT2D eigenvalue weighted by Gasteiger charge is -2.28. The highest BCUT2D eigenvalue weighted by Gasteiger charge is 2.36. The standard InChI is InChI=1S/C28H24O8/c1-31-19-11-10-16(26(33-3)27(19)34-4)17-12-23(30)35-22-14-21(32-2)25-18(29)13-20(36-28(25)24(17)22)15-8-6-5-7-9-15/h5-11,13-14,17H,12H2,1-4H3. The Morgan fingerprint density at radius 1 is 0.806 bits per heavy atom. The number of methoxy groups -OCH3 is 4. The molecule has 1 unspecified atom stereocenters. The molecule has 0 bridgehead atoms. The zero-order chi connectivity index (χ0) is 25.4. The van der Waals surface area contributed by atoms with Crippen LogP contribution in [0.1, 0.15) is 23.5 Å². The van der Waals surface area contributed by atoms with E-state index >= 15 is 0 Å². The monoisotopic (exact) mass is 488 g/mol. The lowest BCUT2D eigenvalue weighted by atomic mass is 9.84. The largest absolute Gasteiger partial charge is 0.496 e. The molecule has 3 aromatic carbocycles. The minimum atomic E-state index is -0.557. The van der Waals surface area contributed by atoms with Crippen LogP contribution in [0.4, 0.5) is 0 Å². The second kappa shape index (κ2) is 9.30. The van der Waals surface area contributed by atoms with Crippen molar-refractivity contribution in [2.75, 3.05) is 28.4 Å². The topological polar surface area (TPSA) is 93.4 Å². The Kier molecular flexibility index (Phi) is 6.01. The first kappa shape index (κ1) is 23.3. The summed E-state index contributed by atoms with van der Waals surface area (Å²) in [6.07, 6.45) is -0.000449. The van der Waals surface area contributed by atoms with Gasteiger partial charge in [0.1, 0.15) is 28.2 Å². The van der Waals surface area contributed by atoms with Gasteiger partial charge in [-0.25, -0.2) is 0 Å². The van der Waals surface area contributed by atoms with Crippen LogP contribution in [0.5, 0.6) is 28.7 Å². The van der Waals surface area contributed by atoms with E-state index in [9.17, 15) is 9.59 Å². The van der Waals surface area contributed by atoms with Crippen molar-refractivity contribution in [2.45, 2.75) is 12.3 Å². The first-order valence-electron chi connectivity index (χ1n) is 11.2. The van der Waals surface area contributed by atoms with Gasteiger partial charge in [0.2, 0.25) is 5.75 Å². The number of hydrogen-bond acceptors (Lipinski definition) is 8. The smallest absolute Gasteiger partial charge is 0.312 e. The molecule has 0 aliphatic carbocycles. The zero-order valence-electron chi connectivity index (χ0n) is 20.2. The summed E-state index contributed by atoms with van der Waals surface area (Å²) < 4.78 is 34.2. The molecule has 4 aromatic rings. The molecule has 8 nitrogen and oxygen atoms in total. The highest BCUT2D eigenvalue weighted by Crippen LogP contribution is 2.51. The quantitative estimate of drug-likeness (QED) is 0.278. The normalized spacial score (nSPS) is 14.7. The lowest BCUT2D eigenvalue weighted by molar-refractivity contribution is -0.135. The summed E-state index contributed by atoms with van der Waals surface area (Å²) in [5.41, 5.74) is 1.95. The highest BCUT2D eigenvalue weighted by atomic mass is 16.5. The molecule has 5 rings (SSSR count). The van der Waals surface area contributed by atoms with Crippen LogP contribution in [0.2, 0.25) is 0 Å². The maximum atomic E-state index is 13.3. The third-order valence-corrected chi connectivity index (χ3v) is 6.30. The summed E-state index contributed by atoms with van der Waals surface area (Å²) in [6, 6.07) is 15.8. The summed E-state index contributed by atoms with van der Waals surface area (Å²) in [5.74, 6) is 1.18. The Bertz CT molecular complexity index is 1520. The van der Waals surface area contributed by atoms with Crippen LogP contribution in [0.25, 0.3) is 22.3 Å². The Balaban J connectivity index is 1.85. The molecule has 2 heterocycles. The molecule has 0 radical (unpaired) electrons. The number of benzene rings is 3. The van der Waals surface area contributed by atoms with Gasteiger partial charge < -0.3 is 28.1 Å². The minimum absolute atomic E-state index is 0.000449. The molecule has 0 N–H and O–H groups in total. The number of hydrogen-bond donors (Lipinski definition) is 0. The summed E-state index contributed by atoms with van der Waals surface area (Å²) in [4.78, 5) is 26.1. The number of rotatable bonds is 6. The van der Waals surface area contributed by atoms with Gasteiger partial charge in [-0.1, -0.05) is 36.4 Å². The predicted molar refractivity (Wildman–Crippen MR) is 133 cm³/mol. The van der Waals surface area contributed by atoms with Crippen LogP contribution in [-0.2, 0) is 4.79 Å². The average molecular weight is 488 g/mol. The van der Waals surface area contributed by atoms with E-state index in [0.29, 0.717) is 34.1 Å². The van der Waals surface area contributed by atoms with Gasteiger partial charge in [-0.05, 0) is 6.07 Å². The van der Waals surface area contributed by atoms with Crippen LogP contribution < -0.4 is 29.1 Å². The number of carbonyl (C=O) groups is 1. The summed E-state index contributed by atoms with van der Waals surface area (Å²) in [6.45, 7) is 0. The fourth-order valence-corrected chi connectivity index (χ4v) is 4.71. The van der Waals surface area contributed by atoms with Crippen LogP contribution in [0.3, 0.4) is 0 Å². The van der Waals surface area contributed by atoms with Gasteiger partial charge in [0, 0.05) is 34.7 Å². The fraction of sp³-hybridized carbons (Fsp3) is 0.214. The first-order valence-corrected chi connectivity index (χ1v) is 11.2. The Morgan fingerprint density at radius 3 is 2.19 bits per heavy atom. The van der Waals surface area contributed by atoms with Crippen molar-refractivity contribution in [2.24, 2.45) is 0 Å². The molecule has 0 amide bonds. The molecule has 0 fully saturated rings. The van der Waals surface area contributed by atoms with Crippen LogP contribution >= 0.6 is 0 Å². The molecular weight excluding hydrogens is 464 g/mol. The fourth-order valence-electron chi connectivity index (χ4n) is 4.71. The Hall–Kier alpha value is -4.46. The van der Waals surface area contributed by atoms with Crippen LogP contribution in [0, 0.1) is 0 Å². The third-order valence-electron chi connectivity index (χ3n) is 6.30. The summed E-state index contributed by atoms with van der Waals surface area (Å²) in [7, 11) is 6.01. The maximum Gasteiger partial charge on any atom is 0.312 e. The van der Waals surface area contributed by atoms with Gasteiger partial charge in [0.15, 0.2) is 16.9 Å². The SMILES string of the molecule is COc1ccc(C2CC(=O)Oc3cc(OC)c4c(=O)cc(-c5ccccc5)oc4c32)c(OC)c1OC. The van der Waals surface area contributed by atoms with Crippen molar-refractivity contribution in [3.05, 3.63) is 75.9 Å². The zero-order valence-corrected chi connectivity index (χ0v) is 20.2. The van der Waals surface area contributed by atoms with E-state index in [1.807, 2.05) is 36.4 Å². The molecule has 36 heavy (non-hydrogen) atoms. The first-order chi connectivity index (χ1) is 17.5. The van der Waals surface area contributed by atoms with Gasteiger partial charge in [-0.2, -0.15) is 0 Å². The van der Waals surface area contributed by atoms with Crippen molar-refractivity contribution < 1.29 is 32.9 Å². The van der Waals surface area contributed by atoms with E-state index in [1.54, 1.807) is 12.1 Å². The number of esters is 1. The van der Waals surface area contributed by atoms with Crippen LogP contribution in [0.15, 0.2) is 63.8 Å². The van der Waals surface area contributed by atoms with Crippen molar-refractivity contribution in [3.8, 4) is 40.1 Å². The van der Waals surface area contributed by atoms with E-state index in [4.69, 9.17) is 28.1 Å². The molecule has 0 saturated heterocycles. The Labute approximate surface area is 206 Å². The van der Waals surface area contributed by atoms with E-state index < -0.39 is 11.9 Å². The van der Waals surface area contributed by atoms with E-state index in [2.05, 4.69) is 0 Å². The number of ether oxygens (including phenoxy) is 5. The molecule has 0 spiro atoms. The van der Waals surface area contributed by atoms with E-state index in [0.717, 1.165) is 5.56 Å². The third kappa shape index (κ3) is 3.71. The van der Waals surface area contributed by atoms with Gasteiger partial charge in [-0.15, -0.1) is 0 Å². The van der Waals surface area contributed by atoms with Gasteiger partial charge >= 0.3 is 5.97 Å². The summed E-state index contributed by atoms with van der Waals surface area (Å²) in [5, 5.41) is 0.262. The van der Waals surface area contributed by atoms with Gasteiger partial charge in [-0.3, -0.25) is 9.59 Å². The van der Waals surface area contributed by atoms with Crippen molar-refractivity contribution in [1.29, 1.82) is 0 Å². The van der Waals surface area contributed by atoms with Crippen molar-refractivity contribution >= 4 is 16.9 Å². The molecule has 184 valence electrons. The van der Waals surface area contributed by atoms with E-state index in [1.165, 1.54) is 34.5 Å². The van der Waals surface area contributed by atoms with Gasteiger partial charge in [0.05, 0.1) is 34.9 Å². The number of fused-ring (bicyclic) bond motifs is 3. The molecule has 8 heteroatoms. The molecule has 1 aliphatic heterocycles. The molecule has 1 atom stereocenters. The summed E-state index contributed by atoms with van der Waals surface area (Å²) >= 11 is 0. The Morgan fingerprint density at radius 2 is 1.53 bits per heavy atom. The highest BCUT2D eigenvalue weighted by molar-refractivity contribution is 5.93. The molecule has 0 saturated carbocycles. The predicted octanol–water partition coefficient (Wildman–Crippen LogP) is 4.94. The lowest BCUT2D eigenvalue weighted by Crippen LogP contribution is -2.22. The van der Waals surface area contributed by atoms with E-state index in [-0.39, 0.29) is 34.3 Å². The molecule has 1 aromatic heterocycles. The molecular formula is C28H24O8. The number of carbonyl (C=O) groups excluding carboxylic acids is 1. The van der Waals surface area contributed by atoms with Gasteiger partial charge in [0.25, 0.3) is 0 Å².